The summed E-state index contributed by atoms with van der Waals surface area (Å²) in [6.45, 7) is 4.24. The summed E-state index contributed by atoms with van der Waals surface area (Å²) in [7, 11) is 0. The minimum Gasteiger partial charge on any atom is -0.379 e. The van der Waals surface area contributed by atoms with Crippen molar-refractivity contribution in [2.24, 2.45) is 0 Å². The van der Waals surface area contributed by atoms with E-state index in [2.05, 4.69) is 5.32 Å². The smallest absolute Gasteiger partial charge is 0.379 e. The molecule has 0 atom stereocenters. The van der Waals surface area contributed by atoms with E-state index in [4.69, 9.17) is 11.6 Å². The average Bonchev–Trinajstić information content (AvgIpc) is 2.40. The van der Waals surface area contributed by atoms with E-state index in [1.165, 1.54) is 12.1 Å². The van der Waals surface area contributed by atoms with Gasteiger partial charge in [-0.2, -0.15) is 13.2 Å². The van der Waals surface area contributed by atoms with Crippen molar-refractivity contribution in [1.82, 2.24) is 0 Å². The first-order valence-electron chi connectivity index (χ1n) is 6.45. The van der Waals surface area contributed by atoms with E-state index in [0.717, 1.165) is 22.8 Å². The molecule has 0 fully saturated rings. The second-order valence-electron chi connectivity index (χ2n) is 4.93. The van der Waals surface area contributed by atoms with Gasteiger partial charge in [0.1, 0.15) is 0 Å². The molecule has 0 aliphatic heterocycles. The van der Waals surface area contributed by atoms with Gasteiger partial charge in [0.25, 0.3) is 0 Å². The van der Waals surface area contributed by atoms with Crippen molar-refractivity contribution < 1.29 is 13.2 Å². The Morgan fingerprint density at radius 3 is 2.38 bits per heavy atom. The molecule has 21 heavy (non-hydrogen) atoms. The molecule has 0 aromatic heterocycles. The first kappa shape index (κ1) is 15.7. The van der Waals surface area contributed by atoms with Crippen LogP contribution in [0.3, 0.4) is 0 Å². The highest BCUT2D eigenvalue weighted by atomic mass is 35.5. The van der Waals surface area contributed by atoms with Gasteiger partial charge in [0, 0.05) is 6.54 Å². The van der Waals surface area contributed by atoms with Gasteiger partial charge in [-0.3, -0.25) is 0 Å². The number of benzene rings is 2. The minimum atomic E-state index is -4.43. The van der Waals surface area contributed by atoms with Crippen molar-refractivity contribution >= 4 is 17.3 Å². The Morgan fingerprint density at radius 2 is 1.76 bits per heavy atom. The summed E-state index contributed by atoms with van der Waals surface area (Å²) in [5.41, 5.74) is 2.33. The van der Waals surface area contributed by atoms with Crippen molar-refractivity contribution in [2.75, 3.05) is 5.32 Å². The summed E-state index contributed by atoms with van der Waals surface area (Å²) in [6, 6.07) is 9.55. The first-order chi connectivity index (χ1) is 9.79. The van der Waals surface area contributed by atoms with Crippen LogP contribution < -0.4 is 5.32 Å². The van der Waals surface area contributed by atoms with Crippen molar-refractivity contribution in [3.05, 3.63) is 63.7 Å². The fraction of sp³-hybridized carbons (Fsp3) is 0.250. The average molecular weight is 314 g/mol. The van der Waals surface area contributed by atoms with Crippen LogP contribution in [0.25, 0.3) is 0 Å². The molecule has 0 bridgehead atoms. The van der Waals surface area contributed by atoms with Crippen molar-refractivity contribution in [3.63, 3.8) is 0 Å². The number of anilines is 1. The summed E-state index contributed by atoms with van der Waals surface area (Å²) in [5, 5.41) is 2.86. The Morgan fingerprint density at radius 1 is 1.05 bits per heavy atom. The quantitative estimate of drug-likeness (QED) is 0.779. The maximum absolute atomic E-state index is 13.0. The van der Waals surface area contributed by atoms with Gasteiger partial charge in [0.2, 0.25) is 0 Å². The third-order valence-corrected chi connectivity index (χ3v) is 3.67. The molecule has 0 unspecified atom stereocenters. The first-order valence-corrected chi connectivity index (χ1v) is 6.82. The molecular weight excluding hydrogens is 299 g/mol. The predicted octanol–water partition coefficient (Wildman–Crippen LogP) is 5.59. The number of halogens is 4. The molecule has 0 heterocycles. The van der Waals surface area contributed by atoms with Crippen LogP contribution in [0.4, 0.5) is 18.9 Å². The van der Waals surface area contributed by atoms with E-state index in [0.29, 0.717) is 0 Å². The molecule has 5 heteroatoms. The lowest BCUT2D eigenvalue weighted by atomic mass is 10.1. The molecule has 0 amide bonds. The van der Waals surface area contributed by atoms with Crippen molar-refractivity contribution in [1.29, 1.82) is 0 Å². The van der Waals surface area contributed by atoms with Gasteiger partial charge in [-0.15, -0.1) is 0 Å². The maximum Gasteiger partial charge on any atom is 0.418 e. The lowest BCUT2D eigenvalue weighted by Gasteiger charge is -2.16. The van der Waals surface area contributed by atoms with E-state index in [-0.39, 0.29) is 17.3 Å². The van der Waals surface area contributed by atoms with Gasteiger partial charge in [0.05, 0.1) is 16.3 Å². The molecule has 1 N–H and O–H groups in total. The summed E-state index contributed by atoms with van der Waals surface area (Å²) in [6.07, 6.45) is -4.43. The number of aryl methyl sites for hydroxylation is 2. The van der Waals surface area contributed by atoms with Gasteiger partial charge in [-0.25, -0.2) is 0 Å². The summed E-state index contributed by atoms with van der Waals surface area (Å²) in [5.74, 6) is 0. The van der Waals surface area contributed by atoms with E-state index in [1.807, 2.05) is 32.0 Å². The number of para-hydroxylation sites is 1. The van der Waals surface area contributed by atoms with E-state index < -0.39 is 11.7 Å². The monoisotopic (exact) mass is 313 g/mol. The topological polar surface area (TPSA) is 12.0 Å². The molecule has 112 valence electrons. The maximum atomic E-state index is 13.0. The Bertz CT molecular complexity index is 650. The molecule has 0 aliphatic carbocycles. The van der Waals surface area contributed by atoms with E-state index in [1.54, 1.807) is 0 Å². The van der Waals surface area contributed by atoms with Crippen LogP contribution in [-0.2, 0) is 12.7 Å². The molecule has 0 radical (unpaired) electrons. The third-order valence-electron chi connectivity index (χ3n) is 3.36. The molecule has 0 spiro atoms. The Hall–Kier alpha value is -1.68. The fourth-order valence-corrected chi connectivity index (χ4v) is 2.29. The van der Waals surface area contributed by atoms with Crippen LogP contribution in [0.1, 0.15) is 22.3 Å². The number of hydrogen-bond acceptors (Lipinski definition) is 1. The molecule has 2 aromatic rings. The van der Waals surface area contributed by atoms with Crippen LogP contribution in [0, 0.1) is 13.8 Å². The van der Waals surface area contributed by atoms with Crippen LogP contribution in [0.2, 0.25) is 5.02 Å². The molecule has 0 saturated carbocycles. The minimum absolute atomic E-state index is 0.0636. The number of hydrogen-bond donors (Lipinski definition) is 1. The second-order valence-corrected chi connectivity index (χ2v) is 5.34. The van der Waals surface area contributed by atoms with E-state index >= 15 is 0 Å². The highest BCUT2D eigenvalue weighted by molar-refractivity contribution is 6.33. The zero-order valence-corrected chi connectivity index (χ0v) is 12.4. The normalized spacial score (nSPS) is 11.5. The number of alkyl halides is 3. The Balaban J connectivity index is 2.25. The fourth-order valence-electron chi connectivity index (χ4n) is 2.04. The van der Waals surface area contributed by atoms with Gasteiger partial charge < -0.3 is 5.32 Å². The molecular formula is C16H15ClF3N. The summed E-state index contributed by atoms with van der Waals surface area (Å²) < 4.78 is 38.9. The molecule has 0 saturated heterocycles. The second kappa shape index (κ2) is 5.98. The van der Waals surface area contributed by atoms with Gasteiger partial charge in [-0.05, 0) is 42.7 Å². The summed E-state index contributed by atoms with van der Waals surface area (Å²) >= 11 is 5.90. The lowest BCUT2D eigenvalue weighted by molar-refractivity contribution is -0.136. The highest BCUT2D eigenvalue weighted by Crippen LogP contribution is 2.38. The third kappa shape index (κ3) is 3.70. The predicted molar refractivity (Wildman–Crippen MR) is 79.7 cm³/mol. The van der Waals surface area contributed by atoms with Gasteiger partial charge >= 0.3 is 6.18 Å². The lowest BCUT2D eigenvalue weighted by Crippen LogP contribution is -2.11. The molecule has 2 aromatic carbocycles. The Labute approximate surface area is 126 Å². The molecule has 1 nitrogen and oxygen atoms in total. The largest absolute Gasteiger partial charge is 0.418 e. The zero-order valence-electron chi connectivity index (χ0n) is 11.7. The van der Waals surface area contributed by atoms with Crippen LogP contribution >= 0.6 is 11.6 Å². The summed E-state index contributed by atoms with van der Waals surface area (Å²) in [4.78, 5) is 0. The van der Waals surface area contributed by atoms with Gasteiger partial charge in [0.15, 0.2) is 0 Å². The van der Waals surface area contributed by atoms with Crippen LogP contribution in [0.15, 0.2) is 36.4 Å². The SMILES string of the molecule is Cc1ccc(CNc2c(Cl)cccc2C(F)(F)F)cc1C. The van der Waals surface area contributed by atoms with Crippen molar-refractivity contribution in [3.8, 4) is 0 Å². The molecule has 2 rings (SSSR count). The van der Waals surface area contributed by atoms with E-state index in [9.17, 15) is 13.2 Å². The standard InChI is InChI=1S/C16H15ClF3N/c1-10-6-7-12(8-11(10)2)9-21-15-13(16(18,19)20)4-3-5-14(15)17/h3-8,21H,9H2,1-2H3. The van der Waals surface area contributed by atoms with Crippen molar-refractivity contribution in [2.45, 2.75) is 26.6 Å². The zero-order chi connectivity index (χ0) is 15.6. The molecule has 0 aliphatic rings. The Kier molecular flexibility index (Phi) is 4.47. The number of rotatable bonds is 3. The van der Waals surface area contributed by atoms with Crippen LogP contribution in [-0.4, -0.2) is 0 Å². The number of nitrogens with one attached hydrogen (secondary N) is 1. The van der Waals surface area contributed by atoms with Gasteiger partial charge in [-0.1, -0.05) is 35.9 Å². The van der Waals surface area contributed by atoms with Crippen LogP contribution in [0.5, 0.6) is 0 Å². The highest BCUT2D eigenvalue weighted by Gasteiger charge is 2.34.